The average molecular weight is 194 g/mol. The molecule has 2 aromatic heterocycles. The summed E-state index contributed by atoms with van der Waals surface area (Å²) in [6.45, 7) is 1.84. The predicted octanol–water partition coefficient (Wildman–Crippen LogP) is 2.17. The van der Waals surface area contributed by atoms with Gasteiger partial charge in [0.1, 0.15) is 11.3 Å². The standard InChI is InChI=1S/C9H8ClN3/c1-5-7(10)4-6-2-3-12-9(11)8(6)13-5/h2-4H,1H3,(H2,11,12). The molecule has 0 amide bonds. The molecule has 0 aromatic carbocycles. The molecule has 2 rings (SSSR count). The first-order valence-electron chi connectivity index (χ1n) is 3.86. The molecule has 2 aromatic rings. The van der Waals surface area contributed by atoms with E-state index in [4.69, 9.17) is 17.3 Å². The average Bonchev–Trinajstić information content (AvgIpc) is 2.09. The molecular formula is C9H8ClN3. The van der Waals surface area contributed by atoms with E-state index in [0.29, 0.717) is 16.4 Å². The Balaban J connectivity index is 2.89. The third kappa shape index (κ3) is 1.31. The lowest BCUT2D eigenvalue weighted by Gasteiger charge is -2.02. The first kappa shape index (κ1) is 8.26. The number of hydrogen-bond acceptors (Lipinski definition) is 3. The van der Waals surface area contributed by atoms with Crippen LogP contribution in [0.1, 0.15) is 5.69 Å². The molecule has 4 heteroatoms. The molecule has 13 heavy (non-hydrogen) atoms. The molecule has 0 aliphatic rings. The maximum atomic E-state index is 5.92. The smallest absolute Gasteiger partial charge is 0.149 e. The van der Waals surface area contributed by atoms with Gasteiger partial charge in [-0.3, -0.25) is 0 Å². The molecule has 2 heterocycles. The van der Waals surface area contributed by atoms with Crippen LogP contribution in [0.2, 0.25) is 5.02 Å². The Morgan fingerprint density at radius 2 is 2.23 bits per heavy atom. The SMILES string of the molecule is Cc1nc2c(N)nccc2cc1Cl. The van der Waals surface area contributed by atoms with Crippen molar-refractivity contribution in [2.75, 3.05) is 5.73 Å². The quantitative estimate of drug-likeness (QED) is 0.698. The number of nitrogens with zero attached hydrogens (tertiary/aromatic N) is 2. The van der Waals surface area contributed by atoms with E-state index >= 15 is 0 Å². The molecule has 0 bridgehead atoms. The normalized spacial score (nSPS) is 10.6. The fourth-order valence-electron chi connectivity index (χ4n) is 1.19. The summed E-state index contributed by atoms with van der Waals surface area (Å²) < 4.78 is 0. The molecule has 0 saturated carbocycles. The second-order valence-corrected chi connectivity index (χ2v) is 3.23. The van der Waals surface area contributed by atoms with Crippen molar-refractivity contribution in [1.82, 2.24) is 9.97 Å². The second kappa shape index (κ2) is 2.85. The number of halogens is 1. The monoisotopic (exact) mass is 193 g/mol. The highest BCUT2D eigenvalue weighted by Gasteiger charge is 2.03. The third-order valence-corrected chi connectivity index (χ3v) is 2.27. The molecule has 0 saturated heterocycles. The van der Waals surface area contributed by atoms with Crippen molar-refractivity contribution in [3.63, 3.8) is 0 Å². The van der Waals surface area contributed by atoms with Crippen LogP contribution in [0.5, 0.6) is 0 Å². The fraction of sp³-hybridized carbons (Fsp3) is 0.111. The number of anilines is 1. The summed E-state index contributed by atoms with van der Waals surface area (Å²) in [6.07, 6.45) is 1.64. The Labute approximate surface area is 80.6 Å². The first-order chi connectivity index (χ1) is 6.18. The Kier molecular flexibility index (Phi) is 1.81. The van der Waals surface area contributed by atoms with Crippen molar-refractivity contribution in [1.29, 1.82) is 0 Å². The van der Waals surface area contributed by atoms with Crippen LogP contribution in [0, 0.1) is 6.92 Å². The number of hydrogen-bond donors (Lipinski definition) is 1. The van der Waals surface area contributed by atoms with Gasteiger partial charge in [-0.05, 0) is 19.1 Å². The maximum absolute atomic E-state index is 5.92. The summed E-state index contributed by atoms with van der Waals surface area (Å²) in [6, 6.07) is 3.68. The maximum Gasteiger partial charge on any atom is 0.149 e. The van der Waals surface area contributed by atoms with Crippen molar-refractivity contribution in [2.24, 2.45) is 0 Å². The van der Waals surface area contributed by atoms with E-state index in [1.165, 1.54) is 0 Å². The van der Waals surface area contributed by atoms with Gasteiger partial charge in [0.15, 0.2) is 0 Å². The van der Waals surface area contributed by atoms with Gasteiger partial charge in [0, 0.05) is 11.6 Å². The fourth-order valence-corrected chi connectivity index (χ4v) is 1.35. The molecule has 2 N–H and O–H groups in total. The van der Waals surface area contributed by atoms with Gasteiger partial charge >= 0.3 is 0 Å². The number of aromatic nitrogens is 2. The number of rotatable bonds is 0. The van der Waals surface area contributed by atoms with E-state index < -0.39 is 0 Å². The van der Waals surface area contributed by atoms with Gasteiger partial charge in [0.2, 0.25) is 0 Å². The van der Waals surface area contributed by atoms with Crippen LogP contribution in [-0.2, 0) is 0 Å². The number of aryl methyl sites for hydroxylation is 1. The summed E-state index contributed by atoms with van der Waals surface area (Å²) in [5.41, 5.74) is 7.14. The summed E-state index contributed by atoms with van der Waals surface area (Å²) in [5, 5.41) is 1.57. The topological polar surface area (TPSA) is 51.8 Å². The zero-order valence-corrected chi connectivity index (χ0v) is 7.84. The highest BCUT2D eigenvalue weighted by Crippen LogP contribution is 2.22. The van der Waals surface area contributed by atoms with Crippen LogP contribution in [0.3, 0.4) is 0 Å². The predicted molar refractivity (Wildman–Crippen MR) is 53.7 cm³/mol. The number of nitrogens with two attached hydrogens (primary N) is 1. The third-order valence-electron chi connectivity index (χ3n) is 1.89. The highest BCUT2D eigenvalue weighted by atomic mass is 35.5. The van der Waals surface area contributed by atoms with Crippen molar-refractivity contribution in [3.8, 4) is 0 Å². The zero-order valence-electron chi connectivity index (χ0n) is 7.08. The van der Waals surface area contributed by atoms with Gasteiger partial charge in [-0.1, -0.05) is 11.6 Å². The van der Waals surface area contributed by atoms with E-state index in [2.05, 4.69) is 9.97 Å². The zero-order chi connectivity index (χ0) is 9.42. The molecule has 3 nitrogen and oxygen atoms in total. The van der Waals surface area contributed by atoms with Crippen molar-refractivity contribution >= 4 is 28.3 Å². The molecule has 0 radical (unpaired) electrons. The van der Waals surface area contributed by atoms with Crippen molar-refractivity contribution in [3.05, 3.63) is 29.0 Å². The summed E-state index contributed by atoms with van der Waals surface area (Å²) in [7, 11) is 0. The van der Waals surface area contributed by atoms with Crippen LogP contribution in [0.25, 0.3) is 10.9 Å². The molecule has 0 atom stereocenters. The Morgan fingerprint density at radius 3 is 3.00 bits per heavy atom. The molecule has 0 spiro atoms. The van der Waals surface area contributed by atoms with Gasteiger partial charge in [0.05, 0.1) is 10.7 Å². The highest BCUT2D eigenvalue weighted by molar-refractivity contribution is 6.31. The van der Waals surface area contributed by atoms with Crippen LogP contribution < -0.4 is 5.73 Å². The van der Waals surface area contributed by atoms with E-state index in [1.807, 2.05) is 19.1 Å². The van der Waals surface area contributed by atoms with Gasteiger partial charge in [0.25, 0.3) is 0 Å². The lowest BCUT2D eigenvalue weighted by Crippen LogP contribution is -1.94. The summed E-state index contributed by atoms with van der Waals surface area (Å²) in [5.74, 6) is 0.442. The Morgan fingerprint density at radius 1 is 1.46 bits per heavy atom. The Hall–Kier alpha value is -1.35. The lowest BCUT2D eigenvalue weighted by atomic mass is 10.2. The lowest BCUT2D eigenvalue weighted by molar-refractivity contribution is 1.23. The first-order valence-corrected chi connectivity index (χ1v) is 4.23. The number of pyridine rings is 2. The van der Waals surface area contributed by atoms with E-state index in [1.54, 1.807) is 6.20 Å². The van der Waals surface area contributed by atoms with Crippen LogP contribution >= 0.6 is 11.6 Å². The molecule has 0 fully saturated rings. The van der Waals surface area contributed by atoms with E-state index in [9.17, 15) is 0 Å². The van der Waals surface area contributed by atoms with Gasteiger partial charge in [-0.2, -0.15) is 0 Å². The minimum atomic E-state index is 0.442. The number of nitrogen functional groups attached to an aromatic ring is 1. The van der Waals surface area contributed by atoms with Gasteiger partial charge in [-0.15, -0.1) is 0 Å². The van der Waals surface area contributed by atoms with Crippen LogP contribution in [0.4, 0.5) is 5.82 Å². The molecular weight excluding hydrogens is 186 g/mol. The van der Waals surface area contributed by atoms with Crippen LogP contribution in [0.15, 0.2) is 18.3 Å². The molecule has 0 unspecified atom stereocenters. The minimum absolute atomic E-state index is 0.442. The number of fused-ring (bicyclic) bond motifs is 1. The summed E-state index contributed by atoms with van der Waals surface area (Å²) >= 11 is 5.92. The van der Waals surface area contributed by atoms with Gasteiger partial charge in [-0.25, -0.2) is 9.97 Å². The van der Waals surface area contributed by atoms with Crippen LogP contribution in [-0.4, -0.2) is 9.97 Å². The Bertz CT molecular complexity index is 468. The molecule has 66 valence electrons. The summed E-state index contributed by atoms with van der Waals surface area (Å²) in [4.78, 5) is 8.21. The van der Waals surface area contributed by atoms with E-state index in [-0.39, 0.29) is 0 Å². The minimum Gasteiger partial charge on any atom is -0.382 e. The largest absolute Gasteiger partial charge is 0.382 e. The molecule has 0 aliphatic carbocycles. The van der Waals surface area contributed by atoms with Gasteiger partial charge < -0.3 is 5.73 Å². The van der Waals surface area contributed by atoms with Crippen molar-refractivity contribution in [2.45, 2.75) is 6.92 Å². The van der Waals surface area contributed by atoms with E-state index in [0.717, 1.165) is 11.1 Å². The second-order valence-electron chi connectivity index (χ2n) is 2.82. The molecule has 0 aliphatic heterocycles. The van der Waals surface area contributed by atoms with Crippen molar-refractivity contribution < 1.29 is 0 Å².